The molecular weight excluding hydrogens is 280 g/mol. The van der Waals surface area contributed by atoms with Crippen molar-refractivity contribution in [3.05, 3.63) is 64.7 Å². The summed E-state index contributed by atoms with van der Waals surface area (Å²) >= 11 is 6.84. The third-order valence-electron chi connectivity index (χ3n) is 4.26. The van der Waals surface area contributed by atoms with E-state index in [9.17, 15) is 0 Å². The molecule has 1 aliphatic carbocycles. The summed E-state index contributed by atoms with van der Waals surface area (Å²) in [6.45, 7) is 4.79. The van der Waals surface area contributed by atoms with Crippen LogP contribution < -0.4 is 4.74 Å². The Morgan fingerprint density at radius 2 is 1.81 bits per heavy atom. The van der Waals surface area contributed by atoms with E-state index in [-0.39, 0.29) is 5.38 Å². The van der Waals surface area contributed by atoms with Crippen molar-refractivity contribution in [2.24, 2.45) is 5.92 Å². The number of fused-ring (bicyclic) bond motifs is 1. The molecule has 3 rings (SSSR count). The van der Waals surface area contributed by atoms with Gasteiger partial charge < -0.3 is 4.74 Å². The maximum atomic E-state index is 6.84. The van der Waals surface area contributed by atoms with Crippen LogP contribution in [0.1, 0.15) is 34.6 Å². The predicted molar refractivity (Wildman–Crippen MR) is 88.3 cm³/mol. The minimum Gasteiger partial charge on any atom is -0.494 e. The highest BCUT2D eigenvalue weighted by Gasteiger charge is 2.30. The fourth-order valence-electron chi connectivity index (χ4n) is 3.22. The van der Waals surface area contributed by atoms with Gasteiger partial charge in [-0.05, 0) is 49.8 Å². The van der Waals surface area contributed by atoms with Crippen molar-refractivity contribution in [3.63, 3.8) is 0 Å². The second-order valence-corrected chi connectivity index (χ2v) is 6.28. The number of alkyl halides is 1. The maximum Gasteiger partial charge on any atom is 0.123 e. The lowest BCUT2D eigenvalue weighted by molar-refractivity contribution is 0.333. The first kappa shape index (κ1) is 14.5. The Hall–Kier alpha value is -1.47. The van der Waals surface area contributed by atoms with Crippen LogP contribution in [0.15, 0.2) is 42.5 Å². The summed E-state index contributed by atoms with van der Waals surface area (Å²) < 4.78 is 5.77. The third-order valence-corrected chi connectivity index (χ3v) is 4.85. The molecule has 0 aliphatic heterocycles. The highest BCUT2D eigenvalue weighted by molar-refractivity contribution is 6.21. The molecular formula is C19H21ClO. The van der Waals surface area contributed by atoms with Gasteiger partial charge in [-0.2, -0.15) is 0 Å². The first-order valence-electron chi connectivity index (χ1n) is 7.63. The molecule has 2 heteroatoms. The molecule has 0 saturated heterocycles. The zero-order valence-electron chi connectivity index (χ0n) is 12.6. The molecule has 0 radical (unpaired) electrons. The smallest absolute Gasteiger partial charge is 0.123 e. The van der Waals surface area contributed by atoms with Gasteiger partial charge in [0.1, 0.15) is 5.75 Å². The van der Waals surface area contributed by atoms with E-state index in [1.807, 2.05) is 13.0 Å². The van der Waals surface area contributed by atoms with Gasteiger partial charge in [0.25, 0.3) is 0 Å². The lowest BCUT2D eigenvalue weighted by Gasteiger charge is -2.20. The topological polar surface area (TPSA) is 9.23 Å². The Bertz CT molecular complexity index is 610. The molecule has 0 saturated carbocycles. The van der Waals surface area contributed by atoms with Crippen LogP contribution in [0.3, 0.4) is 0 Å². The van der Waals surface area contributed by atoms with Crippen LogP contribution in [0.5, 0.6) is 5.75 Å². The minimum absolute atomic E-state index is 0.00106. The molecule has 1 aliphatic rings. The third kappa shape index (κ3) is 2.94. The van der Waals surface area contributed by atoms with Crippen LogP contribution in [-0.2, 0) is 12.8 Å². The summed E-state index contributed by atoms with van der Waals surface area (Å²) in [6, 6.07) is 15.0. The van der Waals surface area contributed by atoms with Crippen LogP contribution in [0.4, 0.5) is 0 Å². The summed E-state index contributed by atoms with van der Waals surface area (Å²) in [4.78, 5) is 0. The van der Waals surface area contributed by atoms with Gasteiger partial charge in [-0.15, -0.1) is 11.6 Å². The molecule has 1 unspecified atom stereocenters. The molecule has 0 spiro atoms. The molecule has 0 fully saturated rings. The van der Waals surface area contributed by atoms with E-state index in [2.05, 4.69) is 43.3 Å². The largest absolute Gasteiger partial charge is 0.494 e. The molecule has 110 valence electrons. The SMILES string of the molecule is CCOc1ccc(C)cc1C(Cl)C1Cc2ccccc2C1. The molecule has 0 amide bonds. The molecule has 0 N–H and O–H groups in total. The van der Waals surface area contributed by atoms with Gasteiger partial charge in [0, 0.05) is 5.56 Å². The Balaban J connectivity index is 1.86. The number of benzene rings is 2. The van der Waals surface area contributed by atoms with Crippen molar-refractivity contribution in [2.75, 3.05) is 6.61 Å². The van der Waals surface area contributed by atoms with Crippen molar-refractivity contribution in [1.29, 1.82) is 0 Å². The molecule has 1 nitrogen and oxygen atoms in total. The quantitative estimate of drug-likeness (QED) is 0.715. The molecule has 0 bridgehead atoms. The Morgan fingerprint density at radius 3 is 2.43 bits per heavy atom. The first-order chi connectivity index (χ1) is 10.2. The van der Waals surface area contributed by atoms with Gasteiger partial charge in [0.05, 0.1) is 12.0 Å². The number of hydrogen-bond acceptors (Lipinski definition) is 1. The van der Waals surface area contributed by atoms with Gasteiger partial charge in [-0.1, -0.05) is 42.0 Å². The van der Waals surface area contributed by atoms with E-state index in [1.54, 1.807) is 0 Å². The second-order valence-electron chi connectivity index (χ2n) is 5.81. The molecule has 0 heterocycles. The maximum absolute atomic E-state index is 6.84. The Labute approximate surface area is 131 Å². The lowest BCUT2D eigenvalue weighted by Crippen LogP contribution is -2.10. The number of halogens is 1. The highest BCUT2D eigenvalue weighted by Crippen LogP contribution is 2.42. The second kappa shape index (κ2) is 6.11. The zero-order valence-corrected chi connectivity index (χ0v) is 13.4. The van der Waals surface area contributed by atoms with Crippen LogP contribution >= 0.6 is 11.6 Å². The Kier molecular flexibility index (Phi) is 4.21. The van der Waals surface area contributed by atoms with E-state index in [1.165, 1.54) is 16.7 Å². The monoisotopic (exact) mass is 300 g/mol. The van der Waals surface area contributed by atoms with Crippen molar-refractivity contribution >= 4 is 11.6 Å². The summed E-state index contributed by atoms with van der Waals surface area (Å²) in [7, 11) is 0. The van der Waals surface area contributed by atoms with Crippen LogP contribution in [0, 0.1) is 12.8 Å². The number of hydrogen-bond donors (Lipinski definition) is 0. The fourth-order valence-corrected chi connectivity index (χ4v) is 3.57. The Morgan fingerprint density at radius 1 is 1.14 bits per heavy atom. The van der Waals surface area contributed by atoms with Crippen molar-refractivity contribution in [2.45, 2.75) is 32.1 Å². The number of ether oxygens (including phenoxy) is 1. The summed E-state index contributed by atoms with van der Waals surface area (Å²) in [5, 5.41) is -0.00106. The van der Waals surface area contributed by atoms with Crippen molar-refractivity contribution < 1.29 is 4.74 Å². The van der Waals surface area contributed by atoms with E-state index in [0.717, 1.165) is 24.2 Å². The number of aryl methyl sites for hydroxylation is 1. The normalized spacial score (nSPS) is 15.8. The first-order valence-corrected chi connectivity index (χ1v) is 8.07. The van der Waals surface area contributed by atoms with E-state index in [0.29, 0.717) is 12.5 Å². The average molecular weight is 301 g/mol. The summed E-state index contributed by atoms with van der Waals surface area (Å²) in [6.07, 6.45) is 2.12. The molecule has 2 aromatic rings. The summed E-state index contributed by atoms with van der Waals surface area (Å²) in [5.74, 6) is 1.38. The van der Waals surface area contributed by atoms with Gasteiger partial charge in [-0.25, -0.2) is 0 Å². The van der Waals surface area contributed by atoms with E-state index in [4.69, 9.17) is 16.3 Å². The van der Waals surface area contributed by atoms with Crippen LogP contribution in [-0.4, -0.2) is 6.61 Å². The lowest BCUT2D eigenvalue weighted by atomic mass is 9.94. The van der Waals surface area contributed by atoms with Crippen LogP contribution in [0.2, 0.25) is 0 Å². The number of rotatable bonds is 4. The summed E-state index contributed by atoms with van der Waals surface area (Å²) in [5.41, 5.74) is 5.25. The van der Waals surface area contributed by atoms with Gasteiger partial charge in [0.2, 0.25) is 0 Å². The standard InChI is InChI=1S/C19H21ClO/c1-3-21-18-9-8-13(2)10-17(18)19(20)16-11-14-6-4-5-7-15(14)12-16/h4-10,16,19H,3,11-12H2,1-2H3. The zero-order chi connectivity index (χ0) is 14.8. The van der Waals surface area contributed by atoms with E-state index >= 15 is 0 Å². The molecule has 2 aromatic carbocycles. The van der Waals surface area contributed by atoms with E-state index < -0.39 is 0 Å². The van der Waals surface area contributed by atoms with Gasteiger partial charge in [-0.3, -0.25) is 0 Å². The minimum atomic E-state index is -0.00106. The fraction of sp³-hybridized carbons (Fsp3) is 0.368. The predicted octanol–water partition coefficient (Wildman–Crippen LogP) is 5.09. The molecule has 21 heavy (non-hydrogen) atoms. The van der Waals surface area contributed by atoms with Crippen LogP contribution in [0.25, 0.3) is 0 Å². The average Bonchev–Trinajstić information content (AvgIpc) is 2.92. The van der Waals surface area contributed by atoms with Crippen molar-refractivity contribution in [3.8, 4) is 5.75 Å². The molecule has 0 aromatic heterocycles. The van der Waals surface area contributed by atoms with Gasteiger partial charge in [0.15, 0.2) is 0 Å². The van der Waals surface area contributed by atoms with Gasteiger partial charge >= 0.3 is 0 Å². The van der Waals surface area contributed by atoms with Crippen molar-refractivity contribution in [1.82, 2.24) is 0 Å². The highest BCUT2D eigenvalue weighted by atomic mass is 35.5. The molecule has 1 atom stereocenters.